The van der Waals surface area contributed by atoms with Gasteiger partial charge in [-0.25, -0.2) is 0 Å². The number of rotatable bonds is 3. The first-order valence-corrected chi connectivity index (χ1v) is 5.58. The molecule has 0 aromatic rings. The average molecular weight is 202 g/mol. The van der Waals surface area contributed by atoms with E-state index in [1.165, 1.54) is 0 Å². The smallest absolute Gasteiger partial charge is 0.240 e. The average Bonchev–Trinajstić information content (AvgIpc) is 2.03. The minimum atomic E-state index is -0.191. The molecular weight excluding hydrogens is 188 g/mol. The molecule has 4 nitrogen and oxygen atoms in total. The Bertz CT molecular complexity index is 204. The Balaban J connectivity index is 2.49. The van der Waals surface area contributed by atoms with Gasteiger partial charge in [-0.15, -0.1) is 0 Å². The number of amides is 2. The summed E-state index contributed by atoms with van der Waals surface area (Å²) in [7, 11) is 0. The van der Waals surface area contributed by atoms with Gasteiger partial charge in [0.15, 0.2) is 0 Å². The van der Waals surface area contributed by atoms with Gasteiger partial charge in [-0.2, -0.15) is 11.8 Å². The van der Waals surface area contributed by atoms with Crippen LogP contribution in [0.2, 0.25) is 0 Å². The normalized spacial score (nSPS) is 21.4. The minimum absolute atomic E-state index is 0.191. The fourth-order valence-electron chi connectivity index (χ4n) is 1.32. The predicted octanol–water partition coefficient (Wildman–Crippen LogP) is -0.304. The van der Waals surface area contributed by atoms with Crippen molar-refractivity contribution in [1.82, 2.24) is 10.2 Å². The Labute approximate surface area is 82.0 Å². The van der Waals surface area contributed by atoms with Crippen molar-refractivity contribution in [2.75, 3.05) is 25.1 Å². The van der Waals surface area contributed by atoms with E-state index in [2.05, 4.69) is 5.32 Å². The van der Waals surface area contributed by atoms with Gasteiger partial charge in [0.25, 0.3) is 0 Å². The predicted molar refractivity (Wildman–Crippen MR) is 52.6 cm³/mol. The summed E-state index contributed by atoms with van der Waals surface area (Å²) in [6.45, 7) is 2.71. The zero-order valence-corrected chi connectivity index (χ0v) is 8.69. The molecule has 0 aromatic carbocycles. The quantitative estimate of drug-likeness (QED) is 0.638. The molecule has 1 aliphatic rings. The molecule has 74 valence electrons. The van der Waals surface area contributed by atoms with Crippen LogP contribution in [-0.4, -0.2) is 47.9 Å². The van der Waals surface area contributed by atoms with Crippen LogP contribution in [0.25, 0.3) is 0 Å². The van der Waals surface area contributed by atoms with E-state index in [9.17, 15) is 9.59 Å². The third-order valence-electron chi connectivity index (χ3n) is 2.00. The lowest BCUT2D eigenvalue weighted by Gasteiger charge is -2.30. The lowest BCUT2D eigenvalue weighted by atomic mass is 10.2. The molecule has 0 bridgehead atoms. The molecule has 1 aliphatic heterocycles. The van der Waals surface area contributed by atoms with E-state index in [0.717, 1.165) is 5.75 Å². The second-order valence-corrected chi connectivity index (χ2v) is 4.09. The van der Waals surface area contributed by atoms with E-state index in [4.69, 9.17) is 0 Å². The van der Waals surface area contributed by atoms with E-state index in [-0.39, 0.29) is 17.9 Å². The standard InChI is InChI=1S/C8H14N2O2S/c1-6(5-13-2)10-3-7(11)9-8(12)4-10/h6H,3-5H2,1-2H3,(H,9,11,12). The van der Waals surface area contributed by atoms with Crippen LogP contribution in [0.3, 0.4) is 0 Å². The molecule has 1 heterocycles. The lowest BCUT2D eigenvalue weighted by molar-refractivity contribution is -0.136. The van der Waals surface area contributed by atoms with E-state index in [0.29, 0.717) is 13.1 Å². The van der Waals surface area contributed by atoms with E-state index in [1.54, 1.807) is 11.8 Å². The van der Waals surface area contributed by atoms with Crippen molar-refractivity contribution in [2.24, 2.45) is 0 Å². The maximum Gasteiger partial charge on any atom is 0.240 e. The van der Waals surface area contributed by atoms with Crippen LogP contribution >= 0.6 is 11.8 Å². The summed E-state index contributed by atoms with van der Waals surface area (Å²) in [4.78, 5) is 23.9. The molecule has 1 N–H and O–H groups in total. The number of thioether (sulfide) groups is 1. The van der Waals surface area contributed by atoms with Crippen molar-refractivity contribution in [3.8, 4) is 0 Å². The zero-order valence-electron chi connectivity index (χ0n) is 7.87. The van der Waals surface area contributed by atoms with Crippen molar-refractivity contribution in [2.45, 2.75) is 13.0 Å². The Hall–Kier alpha value is -0.550. The minimum Gasteiger partial charge on any atom is -0.294 e. The molecule has 0 aliphatic carbocycles. The van der Waals surface area contributed by atoms with Gasteiger partial charge in [-0.1, -0.05) is 0 Å². The number of nitrogens with zero attached hydrogens (tertiary/aromatic N) is 1. The van der Waals surface area contributed by atoms with Gasteiger partial charge in [0.1, 0.15) is 0 Å². The second-order valence-electron chi connectivity index (χ2n) is 3.18. The van der Waals surface area contributed by atoms with Crippen LogP contribution < -0.4 is 5.32 Å². The van der Waals surface area contributed by atoms with Crippen molar-refractivity contribution < 1.29 is 9.59 Å². The van der Waals surface area contributed by atoms with E-state index in [1.807, 2.05) is 18.1 Å². The SMILES string of the molecule is CSCC(C)N1CC(=O)NC(=O)C1. The van der Waals surface area contributed by atoms with Crippen molar-refractivity contribution in [1.29, 1.82) is 0 Å². The van der Waals surface area contributed by atoms with Crippen LogP contribution in [0, 0.1) is 0 Å². The summed E-state index contributed by atoms with van der Waals surface area (Å²) < 4.78 is 0. The second kappa shape index (κ2) is 4.62. The molecule has 1 rings (SSSR count). The van der Waals surface area contributed by atoms with Crippen LogP contribution in [-0.2, 0) is 9.59 Å². The summed E-state index contributed by atoms with van der Waals surface area (Å²) in [6.07, 6.45) is 2.02. The highest BCUT2D eigenvalue weighted by Gasteiger charge is 2.25. The van der Waals surface area contributed by atoms with Crippen LogP contribution in [0.1, 0.15) is 6.92 Å². The van der Waals surface area contributed by atoms with Crippen LogP contribution in [0.4, 0.5) is 0 Å². The monoisotopic (exact) mass is 202 g/mol. The first-order valence-electron chi connectivity index (χ1n) is 4.19. The number of imide groups is 1. The summed E-state index contributed by atoms with van der Waals surface area (Å²) in [5.74, 6) is 0.564. The Morgan fingerprint density at radius 2 is 2.00 bits per heavy atom. The fraction of sp³-hybridized carbons (Fsp3) is 0.750. The summed E-state index contributed by atoms with van der Waals surface area (Å²) in [5, 5.41) is 2.28. The van der Waals surface area contributed by atoms with Crippen LogP contribution in [0.15, 0.2) is 0 Å². The van der Waals surface area contributed by atoms with E-state index >= 15 is 0 Å². The zero-order chi connectivity index (χ0) is 9.84. The number of piperazine rings is 1. The molecular formula is C8H14N2O2S. The van der Waals surface area contributed by atoms with Crippen molar-refractivity contribution in [3.63, 3.8) is 0 Å². The van der Waals surface area contributed by atoms with Crippen molar-refractivity contribution >= 4 is 23.6 Å². The van der Waals surface area contributed by atoms with Gasteiger partial charge in [-0.3, -0.25) is 19.8 Å². The van der Waals surface area contributed by atoms with Crippen LogP contribution in [0.5, 0.6) is 0 Å². The number of hydrogen-bond acceptors (Lipinski definition) is 4. The number of carbonyl (C=O) groups is 2. The largest absolute Gasteiger partial charge is 0.294 e. The van der Waals surface area contributed by atoms with Gasteiger partial charge in [0.2, 0.25) is 11.8 Å². The molecule has 5 heteroatoms. The summed E-state index contributed by atoms with van der Waals surface area (Å²) >= 11 is 1.72. The molecule has 0 spiro atoms. The number of hydrogen-bond donors (Lipinski definition) is 1. The first kappa shape index (κ1) is 10.5. The van der Waals surface area contributed by atoms with Gasteiger partial charge >= 0.3 is 0 Å². The maximum absolute atomic E-state index is 11.0. The van der Waals surface area contributed by atoms with Crippen molar-refractivity contribution in [3.05, 3.63) is 0 Å². The Morgan fingerprint density at radius 1 is 1.46 bits per heavy atom. The molecule has 0 saturated carbocycles. The topological polar surface area (TPSA) is 49.4 Å². The highest BCUT2D eigenvalue weighted by Crippen LogP contribution is 2.07. The highest BCUT2D eigenvalue weighted by molar-refractivity contribution is 7.98. The number of nitrogens with one attached hydrogen (secondary N) is 1. The third kappa shape index (κ3) is 3.00. The van der Waals surface area contributed by atoms with Gasteiger partial charge < -0.3 is 0 Å². The van der Waals surface area contributed by atoms with Gasteiger partial charge in [-0.05, 0) is 13.2 Å². The lowest BCUT2D eigenvalue weighted by Crippen LogP contribution is -2.54. The Kier molecular flexibility index (Phi) is 3.74. The van der Waals surface area contributed by atoms with Gasteiger partial charge in [0, 0.05) is 11.8 Å². The number of carbonyl (C=O) groups excluding carboxylic acids is 2. The molecule has 1 atom stereocenters. The molecule has 2 amide bonds. The molecule has 0 radical (unpaired) electrons. The molecule has 1 fully saturated rings. The van der Waals surface area contributed by atoms with Gasteiger partial charge in [0.05, 0.1) is 13.1 Å². The molecule has 0 aromatic heterocycles. The summed E-state index contributed by atoms with van der Waals surface area (Å²) in [6, 6.07) is 0.282. The first-order chi connectivity index (χ1) is 6.13. The molecule has 1 saturated heterocycles. The van der Waals surface area contributed by atoms with E-state index < -0.39 is 0 Å². The molecule has 1 unspecified atom stereocenters. The fourth-order valence-corrected chi connectivity index (χ4v) is 2.01. The Morgan fingerprint density at radius 3 is 2.46 bits per heavy atom. The highest BCUT2D eigenvalue weighted by atomic mass is 32.2. The third-order valence-corrected chi connectivity index (χ3v) is 2.82. The molecule has 13 heavy (non-hydrogen) atoms. The summed E-state index contributed by atoms with van der Waals surface area (Å²) in [5.41, 5.74) is 0. The maximum atomic E-state index is 11.0.